The number of anilines is 1. The lowest BCUT2D eigenvalue weighted by atomic mass is 9.82. The van der Waals surface area contributed by atoms with Crippen molar-refractivity contribution in [3.05, 3.63) is 40.9 Å². The molecule has 1 amide bonds. The fourth-order valence-corrected chi connectivity index (χ4v) is 2.40. The zero-order valence-electron chi connectivity index (χ0n) is 10.1. The second-order valence-corrected chi connectivity index (χ2v) is 5.39. The number of nitrogens with one attached hydrogen (secondary N) is 1. The van der Waals surface area contributed by atoms with E-state index in [-0.39, 0.29) is 5.91 Å². The van der Waals surface area contributed by atoms with Gasteiger partial charge in [-0.3, -0.25) is 4.79 Å². The Kier molecular flexibility index (Phi) is 4.37. The van der Waals surface area contributed by atoms with Gasteiger partial charge in [0, 0.05) is 22.0 Å². The summed E-state index contributed by atoms with van der Waals surface area (Å²) in [5.41, 5.74) is 0.653. The van der Waals surface area contributed by atoms with Crippen molar-refractivity contribution < 1.29 is 14.7 Å². The normalized spacial score (nSPS) is 21.9. The van der Waals surface area contributed by atoms with Crippen molar-refractivity contribution in [2.75, 3.05) is 5.32 Å². The number of carbonyl (C=O) groups is 2. The van der Waals surface area contributed by atoms with Gasteiger partial charge in [0.15, 0.2) is 0 Å². The van der Waals surface area contributed by atoms with Crippen molar-refractivity contribution in [3.63, 3.8) is 0 Å². The summed E-state index contributed by atoms with van der Waals surface area (Å²) in [4.78, 5) is 23.2. The maximum absolute atomic E-state index is 12.1. The third kappa shape index (κ3) is 3.44. The first-order valence-corrected chi connectivity index (χ1v) is 6.79. The van der Waals surface area contributed by atoms with Crippen LogP contribution < -0.4 is 10.4 Å². The van der Waals surface area contributed by atoms with E-state index in [2.05, 4.69) is 21.2 Å². The highest BCUT2D eigenvalue weighted by molar-refractivity contribution is 9.10. The molecule has 0 aromatic heterocycles. The molecule has 1 aliphatic rings. The van der Waals surface area contributed by atoms with E-state index in [4.69, 9.17) is 0 Å². The van der Waals surface area contributed by atoms with Gasteiger partial charge in [-0.25, -0.2) is 0 Å². The molecule has 0 spiro atoms. The number of carboxylic acid groups (broad SMARTS) is 1. The summed E-state index contributed by atoms with van der Waals surface area (Å²) in [6.07, 6.45) is 4.40. The lowest BCUT2D eigenvalue weighted by Crippen LogP contribution is -2.41. The molecule has 1 aliphatic carbocycles. The average Bonchev–Trinajstić information content (AvgIpc) is 2.41. The summed E-state index contributed by atoms with van der Waals surface area (Å²) in [7, 11) is 0. The summed E-state index contributed by atoms with van der Waals surface area (Å²) in [6, 6.07) is 7.14. The van der Waals surface area contributed by atoms with Crippen LogP contribution in [0.3, 0.4) is 0 Å². The first-order valence-electron chi connectivity index (χ1n) is 6.00. The van der Waals surface area contributed by atoms with Gasteiger partial charge in [0.25, 0.3) is 0 Å². The Morgan fingerprint density at radius 3 is 2.26 bits per heavy atom. The van der Waals surface area contributed by atoms with E-state index >= 15 is 0 Å². The number of aliphatic carboxylic acids is 1. The molecule has 100 valence electrons. The van der Waals surface area contributed by atoms with Gasteiger partial charge in [-0.1, -0.05) is 28.1 Å². The Balaban J connectivity index is 2.08. The lowest BCUT2D eigenvalue weighted by molar-refractivity contribution is -0.313. The maximum Gasteiger partial charge on any atom is 0.228 e. The van der Waals surface area contributed by atoms with Crippen LogP contribution in [0.25, 0.3) is 0 Å². The van der Waals surface area contributed by atoms with E-state index in [0.29, 0.717) is 18.5 Å². The number of halogens is 1. The molecular weight excluding hydrogens is 310 g/mol. The minimum Gasteiger partial charge on any atom is -0.550 e. The fourth-order valence-electron chi connectivity index (χ4n) is 2.13. The SMILES string of the molecule is O=C([O-])[C@H]1CC=CC[C@@H]1C(=O)Nc1ccc(Br)cc1. The molecule has 0 bridgehead atoms. The van der Waals surface area contributed by atoms with Gasteiger partial charge >= 0.3 is 0 Å². The van der Waals surface area contributed by atoms with E-state index in [9.17, 15) is 14.7 Å². The third-order valence-corrected chi connectivity index (χ3v) is 3.71. The predicted octanol–water partition coefficient (Wildman–Crippen LogP) is 1.72. The zero-order valence-corrected chi connectivity index (χ0v) is 11.7. The Bertz CT molecular complexity index is 510. The number of hydrogen-bond donors (Lipinski definition) is 1. The molecular formula is C14H13BrNO3-. The smallest absolute Gasteiger partial charge is 0.228 e. The van der Waals surface area contributed by atoms with E-state index in [0.717, 1.165) is 4.47 Å². The Morgan fingerprint density at radius 2 is 1.68 bits per heavy atom. The monoisotopic (exact) mass is 322 g/mol. The van der Waals surface area contributed by atoms with Crippen LogP contribution in [-0.2, 0) is 9.59 Å². The van der Waals surface area contributed by atoms with Gasteiger partial charge in [-0.2, -0.15) is 0 Å². The summed E-state index contributed by atoms with van der Waals surface area (Å²) in [5, 5.41) is 13.8. The second-order valence-electron chi connectivity index (χ2n) is 4.47. The van der Waals surface area contributed by atoms with Gasteiger partial charge in [-0.15, -0.1) is 0 Å². The Hall–Kier alpha value is -1.62. The molecule has 2 rings (SSSR count). The van der Waals surface area contributed by atoms with E-state index in [1.807, 2.05) is 18.2 Å². The Morgan fingerprint density at radius 1 is 1.11 bits per heavy atom. The van der Waals surface area contributed by atoms with E-state index in [1.54, 1.807) is 18.2 Å². The topological polar surface area (TPSA) is 69.2 Å². The second kappa shape index (κ2) is 6.02. The molecule has 1 N–H and O–H groups in total. The average molecular weight is 323 g/mol. The summed E-state index contributed by atoms with van der Waals surface area (Å²) in [5.74, 6) is -2.76. The largest absolute Gasteiger partial charge is 0.550 e. The number of amides is 1. The number of carboxylic acids is 1. The zero-order chi connectivity index (χ0) is 13.8. The van der Waals surface area contributed by atoms with Crippen molar-refractivity contribution >= 4 is 33.5 Å². The molecule has 0 saturated heterocycles. The number of allylic oxidation sites excluding steroid dienone is 2. The number of benzene rings is 1. The van der Waals surface area contributed by atoms with Gasteiger partial charge in [0.05, 0.1) is 5.92 Å². The van der Waals surface area contributed by atoms with Crippen LogP contribution in [0.1, 0.15) is 12.8 Å². The molecule has 0 heterocycles. The predicted molar refractivity (Wildman–Crippen MR) is 73.1 cm³/mol. The number of hydrogen-bond acceptors (Lipinski definition) is 3. The van der Waals surface area contributed by atoms with Crippen LogP contribution >= 0.6 is 15.9 Å². The van der Waals surface area contributed by atoms with Crippen LogP contribution in [0, 0.1) is 11.8 Å². The van der Waals surface area contributed by atoms with Gasteiger partial charge in [0.2, 0.25) is 5.91 Å². The van der Waals surface area contributed by atoms with Crippen LogP contribution in [0.5, 0.6) is 0 Å². The molecule has 0 radical (unpaired) electrons. The van der Waals surface area contributed by atoms with Crippen LogP contribution in [0.15, 0.2) is 40.9 Å². The van der Waals surface area contributed by atoms with Crippen molar-refractivity contribution in [1.82, 2.24) is 0 Å². The molecule has 1 aromatic carbocycles. The Labute approximate surface area is 119 Å². The highest BCUT2D eigenvalue weighted by Crippen LogP contribution is 2.26. The molecule has 0 aliphatic heterocycles. The number of carbonyl (C=O) groups excluding carboxylic acids is 2. The van der Waals surface area contributed by atoms with Crippen molar-refractivity contribution in [2.24, 2.45) is 11.8 Å². The molecule has 4 nitrogen and oxygen atoms in total. The van der Waals surface area contributed by atoms with Gasteiger partial charge < -0.3 is 15.2 Å². The fraction of sp³-hybridized carbons (Fsp3) is 0.286. The van der Waals surface area contributed by atoms with Crippen molar-refractivity contribution in [2.45, 2.75) is 12.8 Å². The molecule has 0 unspecified atom stereocenters. The van der Waals surface area contributed by atoms with Gasteiger partial charge in [0.1, 0.15) is 0 Å². The molecule has 0 fully saturated rings. The van der Waals surface area contributed by atoms with Crippen LogP contribution in [0.2, 0.25) is 0 Å². The summed E-state index contributed by atoms with van der Waals surface area (Å²) in [6.45, 7) is 0. The van der Waals surface area contributed by atoms with Crippen LogP contribution in [0.4, 0.5) is 5.69 Å². The minimum absolute atomic E-state index is 0.277. The molecule has 2 atom stereocenters. The minimum atomic E-state index is -1.17. The molecule has 0 saturated carbocycles. The summed E-state index contributed by atoms with van der Waals surface area (Å²) < 4.78 is 0.915. The van der Waals surface area contributed by atoms with Crippen molar-refractivity contribution in [3.8, 4) is 0 Å². The van der Waals surface area contributed by atoms with Crippen LogP contribution in [-0.4, -0.2) is 11.9 Å². The number of rotatable bonds is 3. The highest BCUT2D eigenvalue weighted by Gasteiger charge is 2.29. The summed E-state index contributed by atoms with van der Waals surface area (Å²) >= 11 is 3.31. The standard InChI is InChI=1S/C14H14BrNO3/c15-9-5-7-10(8-6-9)16-13(17)11-3-1-2-4-12(11)14(18)19/h1-2,5-8,11-12H,3-4H2,(H,16,17)(H,18,19)/p-1/t11-,12-/m0/s1. The molecule has 19 heavy (non-hydrogen) atoms. The maximum atomic E-state index is 12.1. The lowest BCUT2D eigenvalue weighted by Gasteiger charge is -2.28. The molecule has 1 aromatic rings. The van der Waals surface area contributed by atoms with Gasteiger partial charge in [-0.05, 0) is 37.1 Å². The highest BCUT2D eigenvalue weighted by atomic mass is 79.9. The van der Waals surface area contributed by atoms with E-state index in [1.165, 1.54) is 0 Å². The van der Waals surface area contributed by atoms with Crippen molar-refractivity contribution in [1.29, 1.82) is 0 Å². The quantitative estimate of drug-likeness (QED) is 0.861. The first-order chi connectivity index (χ1) is 9.08. The van der Waals surface area contributed by atoms with E-state index < -0.39 is 17.8 Å². The third-order valence-electron chi connectivity index (χ3n) is 3.18. The first kappa shape index (κ1) is 13.8. The molecule has 5 heteroatoms.